The molecular weight excluding hydrogens is 1450 g/mol. The van der Waals surface area contributed by atoms with E-state index in [1.807, 2.05) is 77.1 Å². The number of fused-ring (bicyclic) bond motifs is 5. The second-order valence-electron chi connectivity index (χ2n) is 29.9. The van der Waals surface area contributed by atoms with Gasteiger partial charge in [0.05, 0.1) is 81.3 Å². The number of nitrogens with zero attached hydrogens (tertiary/aromatic N) is 12. The molecule has 26 heteroatoms. The van der Waals surface area contributed by atoms with Crippen LogP contribution in [-0.2, 0) is 81.7 Å². The van der Waals surface area contributed by atoms with E-state index in [2.05, 4.69) is 209 Å². The summed E-state index contributed by atoms with van der Waals surface area (Å²) in [5, 5.41) is 36.3. The zero-order chi connectivity index (χ0) is 82.9. The predicted molar refractivity (Wildman–Crippen MR) is 450 cm³/mol. The van der Waals surface area contributed by atoms with E-state index in [-0.39, 0.29) is 30.4 Å². The number of aromatic nitrogens is 13. The molecule has 0 aliphatic carbocycles. The third-order valence-corrected chi connectivity index (χ3v) is 20.2. The fraction of sp³-hybridized carbons (Fsp3) is 0.281. The van der Waals surface area contributed by atoms with Crippen LogP contribution in [0.25, 0.3) is 54.5 Å². The standard InChI is InChI=1S/C28H34N6O3.C23H26N6O.C16H17N3O2.C11H11NO2.C11H13NO/c1-17-10-25(32-27(36)37-28(4,5)6)31-19(3)23(17)14-29-26(35)22-13-30-34(16-22)15-20-8-9-24-21(12-20)11-18(2)33(24)7;1-14-7-22(24)27-16(3)20(14)11-25-23(30)19-10-26-29(13-19)12-17-5-6-21-18(9-17)8-15(2)28(21)4;1-11-6-13-7-12(4-5-15(13)18(11)2)9-19-10-14(8-17-19)16(20)21-3;1-7-5-9-6-8(11(13)14-2)3-4-10(9)12-7;1-8-5-10-6-9(7-13)3-4-11(10)12(8)2/h8-13,16H,14-15H2,1-7H3,(H,29,35)(H,31,32,36);5-10,13H,11-12H2,1-4H3,(H2,24,27)(H,25,30);4-8,10H,9H2,1-3H3;3-6,12H,1-2H3;3-6,13H,7H2,1-2H3. The first-order valence-electron chi connectivity index (χ1n) is 37.6. The maximum atomic E-state index is 12.8. The number of nitrogens with one attached hydrogen (secondary N) is 4. The molecule has 7 N–H and O–H groups in total. The molecule has 15 rings (SSSR count). The lowest BCUT2D eigenvalue weighted by molar-refractivity contribution is 0.0592. The van der Waals surface area contributed by atoms with E-state index in [0.29, 0.717) is 72.3 Å². The number of esters is 2. The number of carbonyl (C=O) groups excluding carboxylic acids is 5. The molecule has 596 valence electrons. The van der Waals surface area contributed by atoms with Gasteiger partial charge in [0, 0.05) is 154 Å². The second kappa shape index (κ2) is 35.6. The van der Waals surface area contributed by atoms with E-state index < -0.39 is 11.7 Å². The van der Waals surface area contributed by atoms with Crippen LogP contribution in [-0.4, -0.2) is 117 Å². The highest BCUT2D eigenvalue weighted by Crippen LogP contribution is 2.27. The largest absolute Gasteiger partial charge is 0.465 e. The van der Waals surface area contributed by atoms with Gasteiger partial charge in [0.15, 0.2) is 0 Å². The van der Waals surface area contributed by atoms with E-state index >= 15 is 0 Å². The summed E-state index contributed by atoms with van der Waals surface area (Å²) in [6, 6.07) is 44.8. The Morgan fingerprint density at radius 2 is 0.852 bits per heavy atom. The van der Waals surface area contributed by atoms with Gasteiger partial charge in [-0.3, -0.25) is 29.0 Å². The van der Waals surface area contributed by atoms with E-state index in [1.165, 1.54) is 86.8 Å². The number of ether oxygens (including phenoxy) is 3. The molecule has 10 heterocycles. The number of benzene rings is 5. The molecule has 0 fully saturated rings. The van der Waals surface area contributed by atoms with Crippen LogP contribution < -0.4 is 21.7 Å². The van der Waals surface area contributed by atoms with Gasteiger partial charge in [-0.05, 0) is 237 Å². The maximum Gasteiger partial charge on any atom is 0.413 e. The molecule has 26 nitrogen and oxygen atoms in total. The number of methoxy groups -OCH3 is 2. The van der Waals surface area contributed by atoms with E-state index in [0.717, 1.165) is 66.8 Å². The van der Waals surface area contributed by atoms with Gasteiger partial charge in [-0.1, -0.05) is 24.3 Å². The lowest BCUT2D eigenvalue weighted by Gasteiger charge is -2.20. The molecule has 0 saturated carbocycles. The SMILES string of the molecule is COC(=O)c1ccc2[nH]c(C)cc2c1.COC(=O)c1cnn(Cc2ccc3c(c2)cc(C)n3C)c1.Cc1cc(N)nc(C)c1CNC(=O)c1cnn(Cc2ccc3c(c2)cc(C)n3C)c1.Cc1cc(NC(=O)OC(C)(C)C)nc(C)c1CNC(=O)c1cnn(Cc2ccc3c(c2)cc(C)n3C)c1.Cc1cc2cc(CO)ccc2n1C. The minimum absolute atomic E-state index is 0.115. The summed E-state index contributed by atoms with van der Waals surface area (Å²) in [4.78, 5) is 72.0. The zero-order valence-corrected chi connectivity index (χ0v) is 68.6. The summed E-state index contributed by atoms with van der Waals surface area (Å²) in [6.07, 6.45) is 9.37. The number of aliphatic hydroxyl groups is 1. The summed E-state index contributed by atoms with van der Waals surface area (Å²) in [5.41, 5.74) is 28.8. The summed E-state index contributed by atoms with van der Waals surface area (Å²) in [7, 11) is 11.0. The number of nitrogen functional groups attached to an aromatic ring is 1. The van der Waals surface area contributed by atoms with E-state index in [9.17, 15) is 24.0 Å². The van der Waals surface area contributed by atoms with Crippen molar-refractivity contribution in [1.82, 2.24) is 73.2 Å². The quantitative estimate of drug-likeness (QED) is 0.0387. The topological polar surface area (TPSA) is 310 Å². The first-order chi connectivity index (χ1) is 54.7. The molecule has 0 radical (unpaired) electrons. The summed E-state index contributed by atoms with van der Waals surface area (Å²) in [6.45, 7) is 26.0. The van der Waals surface area contributed by atoms with Crippen molar-refractivity contribution in [3.05, 3.63) is 277 Å². The van der Waals surface area contributed by atoms with Crippen LogP contribution in [0.2, 0.25) is 0 Å². The van der Waals surface area contributed by atoms with Crippen LogP contribution in [0, 0.1) is 62.3 Å². The monoisotopic (exact) mass is 1550 g/mol. The normalized spacial score (nSPS) is 11.2. The van der Waals surface area contributed by atoms with Gasteiger partial charge in [0.25, 0.3) is 11.8 Å². The molecule has 0 unspecified atom stereocenters. The summed E-state index contributed by atoms with van der Waals surface area (Å²) in [5.74, 6) is -0.142. The van der Waals surface area contributed by atoms with Crippen LogP contribution in [0.3, 0.4) is 0 Å². The fourth-order valence-corrected chi connectivity index (χ4v) is 13.7. The molecular formula is C89H101N17O9. The third kappa shape index (κ3) is 20.3. The lowest BCUT2D eigenvalue weighted by Crippen LogP contribution is -2.28. The number of pyridine rings is 2. The van der Waals surface area contributed by atoms with Gasteiger partial charge in [-0.2, -0.15) is 15.3 Å². The average Bonchev–Trinajstić information content (AvgIpc) is 1.70. The van der Waals surface area contributed by atoms with E-state index in [4.69, 9.17) is 15.6 Å². The average molecular weight is 1550 g/mol. The molecule has 5 aromatic carbocycles. The van der Waals surface area contributed by atoms with Crippen molar-refractivity contribution in [2.45, 2.75) is 128 Å². The Kier molecular flexibility index (Phi) is 25.5. The highest BCUT2D eigenvalue weighted by molar-refractivity contribution is 5.96. The molecule has 0 bridgehead atoms. The van der Waals surface area contributed by atoms with Gasteiger partial charge in [0.1, 0.15) is 17.2 Å². The lowest BCUT2D eigenvalue weighted by atomic mass is 10.1. The number of aliphatic hydroxyl groups excluding tert-OH is 1. The fourth-order valence-electron chi connectivity index (χ4n) is 13.7. The molecule has 10 aromatic heterocycles. The summed E-state index contributed by atoms with van der Waals surface area (Å²) < 4.78 is 28.6. The predicted octanol–water partition coefficient (Wildman–Crippen LogP) is 15.0. The first-order valence-corrected chi connectivity index (χ1v) is 37.6. The Morgan fingerprint density at radius 1 is 0.461 bits per heavy atom. The zero-order valence-electron chi connectivity index (χ0n) is 68.6. The highest BCUT2D eigenvalue weighted by atomic mass is 16.6. The Morgan fingerprint density at radius 3 is 1.26 bits per heavy atom. The van der Waals surface area contributed by atoms with Crippen LogP contribution >= 0.6 is 0 Å². The maximum absolute atomic E-state index is 12.8. The smallest absolute Gasteiger partial charge is 0.413 e. The molecule has 0 saturated heterocycles. The van der Waals surface area contributed by atoms with Gasteiger partial charge in [0.2, 0.25) is 0 Å². The number of rotatable bonds is 16. The molecule has 0 aliphatic rings. The Bertz CT molecular complexity index is 6060. The number of carbonyl (C=O) groups is 5. The number of hydrogen-bond donors (Lipinski definition) is 6. The van der Waals surface area contributed by atoms with Gasteiger partial charge in [-0.25, -0.2) is 24.4 Å². The first kappa shape index (κ1) is 82.6. The van der Waals surface area contributed by atoms with Gasteiger partial charge in [-0.15, -0.1) is 0 Å². The molecule has 0 atom stereocenters. The van der Waals surface area contributed by atoms with Crippen molar-refractivity contribution in [1.29, 1.82) is 0 Å². The molecule has 0 spiro atoms. The molecule has 15 aromatic rings. The van der Waals surface area contributed by atoms with Crippen molar-refractivity contribution in [2.75, 3.05) is 25.3 Å². The van der Waals surface area contributed by atoms with E-state index in [1.54, 1.807) is 77.9 Å². The van der Waals surface area contributed by atoms with Crippen molar-refractivity contribution in [2.24, 2.45) is 28.2 Å². The Labute approximate surface area is 667 Å². The minimum atomic E-state index is -0.596. The van der Waals surface area contributed by atoms with Crippen molar-refractivity contribution >= 4 is 96.0 Å². The van der Waals surface area contributed by atoms with Crippen LogP contribution in [0.5, 0.6) is 0 Å². The molecule has 3 amide bonds. The molecule has 0 aliphatic heterocycles. The number of nitrogens with two attached hydrogens (primary N) is 1. The highest BCUT2D eigenvalue weighted by Gasteiger charge is 2.20. The van der Waals surface area contributed by atoms with Crippen molar-refractivity contribution in [3.8, 4) is 0 Å². The van der Waals surface area contributed by atoms with Crippen LogP contribution in [0.1, 0.15) is 147 Å². The van der Waals surface area contributed by atoms with Crippen molar-refractivity contribution in [3.63, 3.8) is 0 Å². The van der Waals surface area contributed by atoms with Crippen LogP contribution in [0.4, 0.5) is 16.4 Å². The number of H-pyrrole nitrogens is 1. The Balaban J connectivity index is 0.000000149. The minimum Gasteiger partial charge on any atom is -0.465 e. The third-order valence-electron chi connectivity index (χ3n) is 20.2. The number of anilines is 2. The van der Waals surface area contributed by atoms with Crippen molar-refractivity contribution < 1.29 is 43.3 Å². The number of aryl methyl sites for hydroxylation is 13. The Hall–Kier alpha value is -13.4. The summed E-state index contributed by atoms with van der Waals surface area (Å²) >= 11 is 0. The second-order valence-corrected chi connectivity index (χ2v) is 29.9. The number of amides is 3. The van der Waals surface area contributed by atoms with Crippen LogP contribution in [0.15, 0.2) is 171 Å². The number of hydrogen-bond acceptors (Lipinski definition) is 15. The molecule has 115 heavy (non-hydrogen) atoms. The van der Waals surface area contributed by atoms with Gasteiger partial charge < -0.3 is 58.9 Å². The van der Waals surface area contributed by atoms with Gasteiger partial charge >= 0.3 is 18.0 Å². The number of aromatic amines is 1.